The first-order chi connectivity index (χ1) is 10.2. The Morgan fingerprint density at radius 2 is 2.43 bits per heavy atom. The van der Waals surface area contributed by atoms with Crippen LogP contribution in [0.25, 0.3) is 11.0 Å². The van der Waals surface area contributed by atoms with Crippen LogP contribution in [0.5, 0.6) is 0 Å². The molecule has 0 spiro atoms. The number of nitriles is 1. The highest BCUT2D eigenvalue weighted by atomic mass is 35.5. The van der Waals surface area contributed by atoms with Crippen LogP contribution in [-0.2, 0) is 21.9 Å². The highest BCUT2D eigenvalue weighted by Gasteiger charge is 2.36. The zero-order chi connectivity index (χ0) is 14.9. The average Bonchev–Trinajstić information content (AvgIpc) is 3.13. The zero-order valence-electron chi connectivity index (χ0n) is 11.8. The Bertz CT molecular complexity index is 699. The molecule has 1 saturated heterocycles. The van der Waals surface area contributed by atoms with E-state index in [1.165, 1.54) is 0 Å². The molecular weight excluding hydrogens is 290 g/mol. The molecule has 0 aliphatic carbocycles. The third-order valence-electron chi connectivity index (χ3n) is 4.04. The van der Waals surface area contributed by atoms with Crippen LogP contribution in [0.4, 0.5) is 0 Å². The van der Waals surface area contributed by atoms with Gasteiger partial charge >= 0.3 is 0 Å². The molecule has 1 atom stereocenters. The summed E-state index contributed by atoms with van der Waals surface area (Å²) in [5.41, 5.74) is 1.82. The number of imidazole rings is 1. The third-order valence-corrected chi connectivity index (χ3v) is 4.28. The topological polar surface area (TPSA) is 60.1 Å². The summed E-state index contributed by atoms with van der Waals surface area (Å²) in [5, 5.41) is 9.21. The number of halogens is 1. The molecule has 21 heavy (non-hydrogen) atoms. The molecule has 1 aliphatic rings. The number of aromatic nitrogens is 2. The Kier molecular flexibility index (Phi) is 3.85. The van der Waals surface area contributed by atoms with E-state index < -0.39 is 0 Å². The molecule has 0 radical (unpaired) electrons. The number of fused-ring (bicyclic) bond motifs is 1. The van der Waals surface area contributed by atoms with Crippen molar-refractivity contribution in [2.45, 2.75) is 24.4 Å². The van der Waals surface area contributed by atoms with Gasteiger partial charge in [-0.2, -0.15) is 5.26 Å². The van der Waals surface area contributed by atoms with Gasteiger partial charge in [0.25, 0.3) is 0 Å². The standard InChI is InChI=1S/C15H16ClN3O2/c1-20-15(5-6-21-10-15)9-19-12-4-2-3-11(8-17)14(12)18-13(19)7-16/h2-4H,5-7,9-10H2,1H3. The van der Waals surface area contributed by atoms with Crippen molar-refractivity contribution < 1.29 is 9.47 Å². The quantitative estimate of drug-likeness (QED) is 0.814. The van der Waals surface area contributed by atoms with Crippen molar-refractivity contribution in [3.05, 3.63) is 29.6 Å². The van der Waals surface area contributed by atoms with Crippen molar-refractivity contribution in [2.24, 2.45) is 0 Å². The van der Waals surface area contributed by atoms with E-state index in [0.717, 1.165) is 17.8 Å². The van der Waals surface area contributed by atoms with Crippen LogP contribution < -0.4 is 0 Å². The van der Waals surface area contributed by atoms with Crippen LogP contribution in [0.2, 0.25) is 0 Å². The molecule has 2 heterocycles. The smallest absolute Gasteiger partial charge is 0.125 e. The van der Waals surface area contributed by atoms with Gasteiger partial charge in [-0.05, 0) is 12.1 Å². The fraction of sp³-hybridized carbons (Fsp3) is 0.467. The predicted molar refractivity (Wildman–Crippen MR) is 79.2 cm³/mol. The first kappa shape index (κ1) is 14.3. The minimum Gasteiger partial charge on any atom is -0.378 e. The Balaban J connectivity index is 2.11. The van der Waals surface area contributed by atoms with E-state index in [0.29, 0.717) is 36.7 Å². The van der Waals surface area contributed by atoms with Gasteiger partial charge in [0.2, 0.25) is 0 Å². The van der Waals surface area contributed by atoms with E-state index in [1.807, 2.05) is 16.7 Å². The normalized spacial score (nSPS) is 21.8. The summed E-state index contributed by atoms with van der Waals surface area (Å²) >= 11 is 6.03. The molecule has 1 unspecified atom stereocenters. The second-order valence-electron chi connectivity index (χ2n) is 5.22. The lowest BCUT2D eigenvalue weighted by Crippen LogP contribution is -2.37. The molecule has 0 saturated carbocycles. The number of alkyl halides is 1. The molecule has 0 bridgehead atoms. The number of methoxy groups -OCH3 is 1. The maximum atomic E-state index is 9.21. The lowest BCUT2D eigenvalue weighted by Gasteiger charge is -2.27. The van der Waals surface area contributed by atoms with Crippen LogP contribution in [0.15, 0.2) is 18.2 Å². The van der Waals surface area contributed by atoms with Gasteiger partial charge in [-0.1, -0.05) is 6.07 Å². The molecule has 0 amide bonds. The Hall–Kier alpha value is -1.61. The van der Waals surface area contributed by atoms with Gasteiger partial charge in [0.15, 0.2) is 0 Å². The van der Waals surface area contributed by atoms with E-state index in [4.69, 9.17) is 21.1 Å². The number of para-hydroxylation sites is 1. The monoisotopic (exact) mass is 305 g/mol. The number of benzene rings is 1. The van der Waals surface area contributed by atoms with Gasteiger partial charge in [0.1, 0.15) is 23.0 Å². The Labute approximate surface area is 128 Å². The molecule has 3 rings (SSSR count). The van der Waals surface area contributed by atoms with Crippen molar-refractivity contribution >= 4 is 22.6 Å². The second-order valence-corrected chi connectivity index (χ2v) is 5.49. The second kappa shape index (κ2) is 5.64. The van der Waals surface area contributed by atoms with Gasteiger partial charge < -0.3 is 14.0 Å². The van der Waals surface area contributed by atoms with E-state index in [-0.39, 0.29) is 5.60 Å². The first-order valence-corrected chi connectivity index (χ1v) is 7.33. The molecule has 1 aromatic heterocycles. The number of nitrogens with zero attached hydrogens (tertiary/aromatic N) is 3. The number of rotatable bonds is 4. The summed E-state index contributed by atoms with van der Waals surface area (Å²) in [6, 6.07) is 7.76. The van der Waals surface area contributed by atoms with Crippen molar-refractivity contribution in [2.75, 3.05) is 20.3 Å². The highest BCUT2D eigenvalue weighted by Crippen LogP contribution is 2.29. The van der Waals surface area contributed by atoms with E-state index in [2.05, 4.69) is 11.1 Å². The van der Waals surface area contributed by atoms with Crippen molar-refractivity contribution in [3.8, 4) is 6.07 Å². The van der Waals surface area contributed by atoms with E-state index in [1.54, 1.807) is 13.2 Å². The molecule has 6 heteroatoms. The molecule has 0 N–H and O–H groups in total. The maximum absolute atomic E-state index is 9.21. The summed E-state index contributed by atoms with van der Waals surface area (Å²) < 4.78 is 13.2. The van der Waals surface area contributed by atoms with Crippen LogP contribution in [-0.4, -0.2) is 35.5 Å². The van der Waals surface area contributed by atoms with E-state index >= 15 is 0 Å². The van der Waals surface area contributed by atoms with Gasteiger partial charge in [-0.25, -0.2) is 4.98 Å². The lowest BCUT2D eigenvalue weighted by molar-refractivity contribution is -0.0291. The van der Waals surface area contributed by atoms with Gasteiger partial charge in [-0.15, -0.1) is 11.6 Å². The fourth-order valence-electron chi connectivity index (χ4n) is 2.79. The third kappa shape index (κ3) is 2.40. The highest BCUT2D eigenvalue weighted by molar-refractivity contribution is 6.16. The summed E-state index contributed by atoms with van der Waals surface area (Å²) in [5.74, 6) is 1.04. The number of hydrogen-bond acceptors (Lipinski definition) is 4. The summed E-state index contributed by atoms with van der Waals surface area (Å²) in [7, 11) is 1.70. The molecular formula is C15H16ClN3O2. The summed E-state index contributed by atoms with van der Waals surface area (Å²) in [4.78, 5) is 4.52. The number of ether oxygens (including phenoxy) is 2. The minimum absolute atomic E-state index is 0.292. The van der Waals surface area contributed by atoms with Gasteiger partial charge in [0, 0.05) is 20.1 Å². The Morgan fingerprint density at radius 1 is 1.57 bits per heavy atom. The van der Waals surface area contributed by atoms with Gasteiger partial charge in [-0.3, -0.25) is 0 Å². The molecule has 2 aromatic rings. The van der Waals surface area contributed by atoms with Crippen molar-refractivity contribution in [3.63, 3.8) is 0 Å². The minimum atomic E-state index is -0.350. The van der Waals surface area contributed by atoms with Crippen LogP contribution in [0.3, 0.4) is 0 Å². The van der Waals surface area contributed by atoms with Crippen molar-refractivity contribution in [1.82, 2.24) is 9.55 Å². The largest absolute Gasteiger partial charge is 0.378 e. The maximum Gasteiger partial charge on any atom is 0.125 e. The first-order valence-electron chi connectivity index (χ1n) is 6.80. The van der Waals surface area contributed by atoms with Crippen molar-refractivity contribution in [1.29, 1.82) is 5.26 Å². The lowest BCUT2D eigenvalue weighted by atomic mass is 10.0. The van der Waals surface area contributed by atoms with Crippen LogP contribution in [0.1, 0.15) is 17.8 Å². The molecule has 5 nitrogen and oxygen atoms in total. The van der Waals surface area contributed by atoms with Crippen LogP contribution >= 0.6 is 11.6 Å². The summed E-state index contributed by atoms with van der Waals surface area (Å²) in [6.45, 7) is 1.87. The molecule has 1 aliphatic heterocycles. The summed E-state index contributed by atoms with van der Waals surface area (Å²) in [6.07, 6.45) is 0.836. The molecule has 1 aromatic carbocycles. The predicted octanol–water partition coefficient (Wildman–Crippen LogP) is 2.45. The molecule has 110 valence electrons. The van der Waals surface area contributed by atoms with Crippen LogP contribution in [0, 0.1) is 11.3 Å². The SMILES string of the molecule is COC1(Cn2c(CCl)nc3c(C#N)cccc32)CCOC1. The Morgan fingerprint density at radius 3 is 3.05 bits per heavy atom. The number of hydrogen-bond donors (Lipinski definition) is 0. The average molecular weight is 306 g/mol. The van der Waals surface area contributed by atoms with Gasteiger partial charge in [0.05, 0.1) is 30.1 Å². The molecule has 1 fully saturated rings. The zero-order valence-corrected chi connectivity index (χ0v) is 12.6. The van der Waals surface area contributed by atoms with E-state index in [9.17, 15) is 5.26 Å². The fourth-order valence-corrected chi connectivity index (χ4v) is 2.99.